The van der Waals surface area contributed by atoms with Gasteiger partial charge in [0.05, 0.1) is 0 Å². The summed E-state index contributed by atoms with van der Waals surface area (Å²) in [5, 5.41) is 0. The zero-order valence-corrected chi connectivity index (χ0v) is 29.7. The van der Waals surface area contributed by atoms with Gasteiger partial charge in [0.25, 0.3) is 0 Å². The van der Waals surface area contributed by atoms with Gasteiger partial charge in [0.15, 0.2) is 5.78 Å². The van der Waals surface area contributed by atoms with Gasteiger partial charge in [-0.2, -0.15) is 49.7 Å². The van der Waals surface area contributed by atoms with Crippen LogP contribution in [-0.2, 0) is 19.5 Å². The standard InChI is InChI=1S/C24H20B.C10H15.C9H10O.Ru/c1-5-13-21(14-6-1)25(22-15-7-2-8-16-22,23-17-9-3-10-18-23)24-19-11-4-12-20-24;1-6-7(2)9(4)10(5)8(6)3;1-2-9(10)8-6-4-3-5-7-8;/h1-20H;1-5H3;3-7H,2H2,1H3;/q2*-1;;+1. The average Bonchev–Trinajstić information content (AvgIpc) is 3.28. The van der Waals surface area contributed by atoms with Gasteiger partial charge in [-0.1, -0.05) is 193 Å². The third kappa shape index (κ3) is 8.14. The summed E-state index contributed by atoms with van der Waals surface area (Å²) in [5.74, 6) is 0.209. The second-order valence-corrected chi connectivity index (χ2v) is 11.8. The van der Waals surface area contributed by atoms with Crippen molar-refractivity contribution in [2.75, 3.05) is 0 Å². The maximum Gasteiger partial charge on any atom is 1.00 e. The zero-order valence-electron chi connectivity index (χ0n) is 28.0. The second-order valence-electron chi connectivity index (χ2n) is 11.8. The SMILES string of the molecule is CCC(=O)c1ccccc1.Cc1c(C)c(C)[c-](C)c1C.[Ru+].c1ccc([B-](c2ccccc2)(c2ccccc2)c2ccccc2)cc1. The molecule has 6 aromatic carbocycles. The van der Waals surface area contributed by atoms with Gasteiger partial charge in [0, 0.05) is 12.0 Å². The first-order valence-electron chi connectivity index (χ1n) is 16.0. The summed E-state index contributed by atoms with van der Waals surface area (Å²) in [6.07, 6.45) is -0.628. The van der Waals surface area contributed by atoms with Crippen LogP contribution in [0.5, 0.6) is 0 Å². The van der Waals surface area contributed by atoms with E-state index in [2.05, 4.69) is 156 Å². The van der Waals surface area contributed by atoms with E-state index >= 15 is 0 Å². The quantitative estimate of drug-likeness (QED) is 0.0978. The van der Waals surface area contributed by atoms with Crippen molar-refractivity contribution in [1.82, 2.24) is 0 Å². The van der Waals surface area contributed by atoms with Gasteiger partial charge < -0.3 is 0 Å². The van der Waals surface area contributed by atoms with Crippen LogP contribution >= 0.6 is 0 Å². The molecular formula is C43H45BORu-. The molecule has 0 bridgehead atoms. The van der Waals surface area contributed by atoms with Crippen LogP contribution < -0.4 is 21.9 Å². The molecule has 0 spiro atoms. The molecule has 0 N–H and O–H groups in total. The Balaban J connectivity index is 0.000000227. The van der Waals surface area contributed by atoms with E-state index in [1.165, 1.54) is 49.7 Å². The van der Waals surface area contributed by atoms with Crippen molar-refractivity contribution in [3.8, 4) is 0 Å². The van der Waals surface area contributed by atoms with E-state index in [9.17, 15) is 4.79 Å². The van der Waals surface area contributed by atoms with Crippen LogP contribution in [0.2, 0.25) is 0 Å². The number of benzene rings is 5. The van der Waals surface area contributed by atoms with E-state index in [4.69, 9.17) is 0 Å². The van der Waals surface area contributed by atoms with Crippen molar-refractivity contribution in [2.45, 2.75) is 48.0 Å². The Morgan fingerprint density at radius 2 is 0.761 bits per heavy atom. The Bertz CT molecular complexity index is 1520. The molecule has 0 amide bonds. The summed E-state index contributed by atoms with van der Waals surface area (Å²) < 4.78 is 0. The average molecular weight is 690 g/mol. The summed E-state index contributed by atoms with van der Waals surface area (Å²) in [4.78, 5) is 11.0. The predicted octanol–water partition coefficient (Wildman–Crippen LogP) is 8.29. The number of Topliss-reactive ketones (excluding diaryl/α,β-unsaturated/α-hetero) is 1. The van der Waals surface area contributed by atoms with E-state index in [0.29, 0.717) is 6.42 Å². The predicted molar refractivity (Wildman–Crippen MR) is 197 cm³/mol. The number of rotatable bonds is 6. The van der Waals surface area contributed by atoms with Gasteiger partial charge in [-0.25, -0.2) is 0 Å². The van der Waals surface area contributed by atoms with Crippen molar-refractivity contribution < 1.29 is 24.3 Å². The van der Waals surface area contributed by atoms with Gasteiger partial charge in [-0.15, -0.1) is 0 Å². The maximum absolute atomic E-state index is 11.0. The molecule has 0 saturated heterocycles. The fourth-order valence-electron chi connectivity index (χ4n) is 6.36. The molecule has 0 atom stereocenters. The number of carbonyl (C=O) groups excluding carboxylic acids is 1. The van der Waals surface area contributed by atoms with E-state index in [-0.39, 0.29) is 25.3 Å². The van der Waals surface area contributed by atoms with Crippen LogP contribution in [0.25, 0.3) is 0 Å². The molecule has 0 aliphatic heterocycles. The Kier molecular flexibility index (Phi) is 13.8. The Morgan fingerprint density at radius 1 is 0.500 bits per heavy atom. The summed E-state index contributed by atoms with van der Waals surface area (Å²) >= 11 is 0. The van der Waals surface area contributed by atoms with E-state index < -0.39 is 6.15 Å². The number of hydrogen-bond donors (Lipinski definition) is 0. The van der Waals surface area contributed by atoms with E-state index in [1.54, 1.807) is 0 Å². The number of hydrogen-bond acceptors (Lipinski definition) is 1. The normalized spacial score (nSPS) is 10.4. The summed E-state index contributed by atoms with van der Waals surface area (Å²) in [6, 6.07) is 52.9. The molecular weight excluding hydrogens is 644 g/mol. The second kappa shape index (κ2) is 17.5. The molecule has 0 heterocycles. The first kappa shape index (κ1) is 36.3. The Hall–Kier alpha value is -4.19. The van der Waals surface area contributed by atoms with Gasteiger partial charge >= 0.3 is 19.5 Å². The molecule has 46 heavy (non-hydrogen) atoms. The van der Waals surface area contributed by atoms with Crippen LogP contribution in [0, 0.1) is 34.6 Å². The first-order valence-corrected chi connectivity index (χ1v) is 16.0. The van der Waals surface area contributed by atoms with E-state index in [0.717, 1.165) is 5.56 Å². The third-order valence-electron chi connectivity index (χ3n) is 9.43. The van der Waals surface area contributed by atoms with Crippen molar-refractivity contribution in [3.05, 3.63) is 185 Å². The van der Waals surface area contributed by atoms with Crippen LogP contribution in [0.3, 0.4) is 0 Å². The van der Waals surface area contributed by atoms with Crippen molar-refractivity contribution >= 4 is 33.8 Å². The number of carbonyl (C=O) groups is 1. The fraction of sp³-hybridized carbons (Fsp3) is 0.163. The molecule has 0 aromatic heterocycles. The molecule has 3 heteroatoms. The Morgan fingerprint density at radius 3 is 0.978 bits per heavy atom. The fourth-order valence-corrected chi connectivity index (χ4v) is 6.36. The van der Waals surface area contributed by atoms with Crippen LogP contribution in [-0.4, -0.2) is 11.9 Å². The largest absolute Gasteiger partial charge is 1.00 e. The van der Waals surface area contributed by atoms with Gasteiger partial charge in [0.1, 0.15) is 6.15 Å². The molecule has 1 radical (unpaired) electrons. The Labute approximate surface area is 289 Å². The smallest absolute Gasteiger partial charge is 0.294 e. The topological polar surface area (TPSA) is 17.1 Å². The van der Waals surface area contributed by atoms with E-state index in [1.807, 2.05) is 37.3 Å². The number of ketones is 1. The first-order chi connectivity index (χ1) is 21.8. The monoisotopic (exact) mass is 690 g/mol. The van der Waals surface area contributed by atoms with Crippen LogP contribution in [0.15, 0.2) is 152 Å². The molecule has 0 saturated carbocycles. The van der Waals surface area contributed by atoms with Crippen LogP contribution in [0.4, 0.5) is 0 Å². The van der Waals surface area contributed by atoms with Crippen molar-refractivity contribution in [3.63, 3.8) is 0 Å². The maximum atomic E-state index is 11.0. The molecule has 0 aliphatic rings. The van der Waals surface area contributed by atoms with Crippen LogP contribution in [0.1, 0.15) is 51.5 Å². The molecule has 0 aliphatic carbocycles. The summed E-state index contributed by atoms with van der Waals surface area (Å²) in [5.41, 5.74) is 13.5. The minimum Gasteiger partial charge on any atom is -0.294 e. The minimum absolute atomic E-state index is 0. The zero-order chi connectivity index (χ0) is 32.2. The molecule has 6 aromatic rings. The molecule has 6 rings (SSSR count). The molecule has 235 valence electrons. The summed E-state index contributed by atoms with van der Waals surface area (Å²) in [7, 11) is 0. The van der Waals surface area contributed by atoms with Crippen molar-refractivity contribution in [1.29, 1.82) is 0 Å². The summed E-state index contributed by atoms with van der Waals surface area (Å²) in [6.45, 7) is 12.9. The van der Waals surface area contributed by atoms with Crippen molar-refractivity contribution in [2.24, 2.45) is 0 Å². The third-order valence-corrected chi connectivity index (χ3v) is 9.43. The van der Waals surface area contributed by atoms with Gasteiger partial charge in [-0.05, 0) is 0 Å². The molecule has 1 nitrogen and oxygen atoms in total. The minimum atomic E-state index is -1.22. The molecule has 0 unspecified atom stereocenters. The van der Waals surface area contributed by atoms with Gasteiger partial charge in [0.2, 0.25) is 0 Å². The molecule has 0 fully saturated rings. The van der Waals surface area contributed by atoms with Gasteiger partial charge in [-0.3, -0.25) is 4.79 Å².